The Morgan fingerprint density at radius 2 is 1.94 bits per heavy atom. The van der Waals surface area contributed by atoms with Crippen molar-refractivity contribution < 1.29 is 5.11 Å². The molecule has 3 nitrogen and oxygen atoms in total. The van der Waals surface area contributed by atoms with E-state index in [4.69, 9.17) is 0 Å². The van der Waals surface area contributed by atoms with Crippen molar-refractivity contribution in [2.75, 3.05) is 32.7 Å². The predicted molar refractivity (Wildman–Crippen MR) is 71.1 cm³/mol. The zero-order valence-electron chi connectivity index (χ0n) is 11.4. The highest BCUT2D eigenvalue weighted by Crippen LogP contribution is 2.27. The maximum Gasteiger partial charge on any atom is 0.0580 e. The van der Waals surface area contributed by atoms with Crippen molar-refractivity contribution in [3.63, 3.8) is 0 Å². The minimum atomic E-state index is -0.0255. The van der Waals surface area contributed by atoms with Crippen LogP contribution in [-0.2, 0) is 0 Å². The summed E-state index contributed by atoms with van der Waals surface area (Å²) in [7, 11) is 0. The molecule has 3 unspecified atom stereocenters. The largest absolute Gasteiger partial charge is 0.393 e. The van der Waals surface area contributed by atoms with Crippen LogP contribution in [0.15, 0.2) is 0 Å². The Kier molecular flexibility index (Phi) is 4.83. The molecule has 100 valence electrons. The highest BCUT2D eigenvalue weighted by Gasteiger charge is 2.31. The topological polar surface area (TPSA) is 26.7 Å². The summed E-state index contributed by atoms with van der Waals surface area (Å²) in [5, 5.41) is 9.88. The Morgan fingerprint density at radius 3 is 2.53 bits per heavy atom. The van der Waals surface area contributed by atoms with Gasteiger partial charge in [0.2, 0.25) is 0 Å². The first-order chi connectivity index (χ1) is 8.24. The fourth-order valence-corrected chi connectivity index (χ4v) is 3.58. The minimum Gasteiger partial charge on any atom is -0.393 e. The second-order valence-corrected chi connectivity index (χ2v) is 5.68. The van der Waals surface area contributed by atoms with E-state index >= 15 is 0 Å². The van der Waals surface area contributed by atoms with Crippen LogP contribution in [0, 0.1) is 5.92 Å². The second kappa shape index (κ2) is 6.17. The van der Waals surface area contributed by atoms with Crippen LogP contribution in [-0.4, -0.2) is 59.8 Å². The van der Waals surface area contributed by atoms with Gasteiger partial charge in [-0.05, 0) is 44.8 Å². The van der Waals surface area contributed by atoms with Crippen LogP contribution >= 0.6 is 0 Å². The summed E-state index contributed by atoms with van der Waals surface area (Å²) in [6.07, 6.45) is 4.76. The molecule has 0 aromatic heterocycles. The lowest BCUT2D eigenvalue weighted by atomic mass is 10.1. The third kappa shape index (κ3) is 3.21. The quantitative estimate of drug-likeness (QED) is 0.790. The number of hydrogen-bond donors (Lipinski definition) is 1. The zero-order chi connectivity index (χ0) is 12.3. The molecule has 1 heterocycles. The molecular formula is C14H28N2O. The Morgan fingerprint density at radius 1 is 1.18 bits per heavy atom. The number of nitrogens with zero attached hydrogens (tertiary/aromatic N) is 2. The maximum absolute atomic E-state index is 9.88. The first-order valence-electron chi connectivity index (χ1n) is 7.39. The van der Waals surface area contributed by atoms with E-state index in [1.54, 1.807) is 0 Å². The molecule has 1 saturated heterocycles. The average molecular weight is 240 g/mol. The summed E-state index contributed by atoms with van der Waals surface area (Å²) in [6.45, 7) is 10.4. The lowest BCUT2D eigenvalue weighted by molar-refractivity contribution is 0.106. The van der Waals surface area contributed by atoms with Crippen molar-refractivity contribution in [1.82, 2.24) is 9.80 Å². The lowest BCUT2D eigenvalue weighted by Crippen LogP contribution is -2.38. The molecule has 1 N–H and O–H groups in total. The monoisotopic (exact) mass is 240 g/mol. The van der Waals surface area contributed by atoms with Gasteiger partial charge in [0.25, 0.3) is 0 Å². The third-order valence-electron chi connectivity index (χ3n) is 4.69. The van der Waals surface area contributed by atoms with Crippen LogP contribution in [0.5, 0.6) is 0 Å². The van der Waals surface area contributed by atoms with E-state index in [0.717, 1.165) is 19.0 Å². The number of aliphatic hydroxyl groups is 1. The summed E-state index contributed by atoms with van der Waals surface area (Å²) in [5.41, 5.74) is 0. The number of likely N-dealkylation sites (N-methyl/N-ethyl adjacent to an activating group) is 1. The van der Waals surface area contributed by atoms with E-state index < -0.39 is 0 Å². The van der Waals surface area contributed by atoms with E-state index in [1.165, 1.54) is 45.4 Å². The maximum atomic E-state index is 9.88. The zero-order valence-corrected chi connectivity index (χ0v) is 11.4. The van der Waals surface area contributed by atoms with Gasteiger partial charge < -0.3 is 10.0 Å². The SMILES string of the molecule is CCN(CC)C1CCN(CC2CCCC2O)C1. The van der Waals surface area contributed by atoms with Crippen LogP contribution in [0.1, 0.15) is 39.5 Å². The van der Waals surface area contributed by atoms with Crippen molar-refractivity contribution in [3.05, 3.63) is 0 Å². The first-order valence-corrected chi connectivity index (χ1v) is 7.39. The molecule has 17 heavy (non-hydrogen) atoms. The molecule has 0 aromatic carbocycles. The minimum absolute atomic E-state index is 0.0255. The lowest BCUT2D eigenvalue weighted by Gasteiger charge is -2.27. The number of hydrogen-bond acceptors (Lipinski definition) is 3. The molecular weight excluding hydrogens is 212 g/mol. The summed E-state index contributed by atoms with van der Waals surface area (Å²) in [6, 6.07) is 0.753. The Balaban J connectivity index is 1.77. The van der Waals surface area contributed by atoms with Gasteiger partial charge in [-0.1, -0.05) is 20.3 Å². The molecule has 1 aliphatic heterocycles. The van der Waals surface area contributed by atoms with E-state index in [2.05, 4.69) is 23.6 Å². The van der Waals surface area contributed by atoms with Gasteiger partial charge in [0.15, 0.2) is 0 Å². The fraction of sp³-hybridized carbons (Fsp3) is 1.00. The van der Waals surface area contributed by atoms with Crippen molar-refractivity contribution >= 4 is 0 Å². The molecule has 2 fully saturated rings. The number of likely N-dealkylation sites (tertiary alicyclic amines) is 1. The molecule has 1 aliphatic carbocycles. The van der Waals surface area contributed by atoms with Crippen molar-refractivity contribution in [2.45, 2.75) is 51.7 Å². The standard InChI is InChI=1S/C14H28N2O/c1-3-16(4-2)13-8-9-15(11-13)10-12-6-5-7-14(12)17/h12-14,17H,3-11H2,1-2H3. The van der Waals surface area contributed by atoms with Crippen LogP contribution in [0.2, 0.25) is 0 Å². The van der Waals surface area contributed by atoms with Gasteiger partial charge in [0.1, 0.15) is 0 Å². The summed E-state index contributed by atoms with van der Waals surface area (Å²) < 4.78 is 0. The normalized spacial score (nSPS) is 34.9. The second-order valence-electron chi connectivity index (χ2n) is 5.68. The number of aliphatic hydroxyl groups excluding tert-OH is 1. The van der Waals surface area contributed by atoms with Crippen molar-refractivity contribution in [3.8, 4) is 0 Å². The average Bonchev–Trinajstić information content (AvgIpc) is 2.92. The molecule has 0 amide bonds. The molecule has 1 saturated carbocycles. The van der Waals surface area contributed by atoms with E-state index in [1.807, 2.05) is 0 Å². The molecule has 2 rings (SSSR count). The van der Waals surface area contributed by atoms with Crippen LogP contribution in [0.3, 0.4) is 0 Å². The van der Waals surface area contributed by atoms with E-state index in [0.29, 0.717) is 5.92 Å². The van der Waals surface area contributed by atoms with Gasteiger partial charge in [0, 0.05) is 19.1 Å². The van der Waals surface area contributed by atoms with Gasteiger partial charge >= 0.3 is 0 Å². The summed E-state index contributed by atoms with van der Waals surface area (Å²) in [4.78, 5) is 5.15. The molecule has 3 heteroatoms. The van der Waals surface area contributed by atoms with Gasteiger partial charge in [-0.2, -0.15) is 0 Å². The van der Waals surface area contributed by atoms with Gasteiger partial charge in [-0.15, -0.1) is 0 Å². The van der Waals surface area contributed by atoms with Crippen molar-refractivity contribution in [1.29, 1.82) is 0 Å². The van der Waals surface area contributed by atoms with Crippen LogP contribution < -0.4 is 0 Å². The summed E-state index contributed by atoms with van der Waals surface area (Å²) >= 11 is 0. The third-order valence-corrected chi connectivity index (χ3v) is 4.69. The van der Waals surface area contributed by atoms with Gasteiger partial charge in [0.05, 0.1) is 6.10 Å². The fourth-order valence-electron chi connectivity index (χ4n) is 3.58. The van der Waals surface area contributed by atoms with E-state index in [9.17, 15) is 5.11 Å². The molecule has 0 radical (unpaired) electrons. The highest BCUT2D eigenvalue weighted by molar-refractivity contribution is 4.86. The molecule has 0 bridgehead atoms. The van der Waals surface area contributed by atoms with Gasteiger partial charge in [-0.3, -0.25) is 4.90 Å². The van der Waals surface area contributed by atoms with Crippen molar-refractivity contribution in [2.24, 2.45) is 5.92 Å². The van der Waals surface area contributed by atoms with Crippen LogP contribution in [0.25, 0.3) is 0 Å². The molecule has 0 spiro atoms. The number of rotatable bonds is 5. The molecule has 2 aliphatic rings. The Labute approximate surface area is 106 Å². The van der Waals surface area contributed by atoms with E-state index in [-0.39, 0.29) is 6.10 Å². The Hall–Kier alpha value is -0.120. The smallest absolute Gasteiger partial charge is 0.0580 e. The summed E-state index contributed by atoms with van der Waals surface area (Å²) in [5.74, 6) is 0.547. The predicted octanol–water partition coefficient (Wildman–Crippen LogP) is 1.56. The molecule has 3 atom stereocenters. The van der Waals surface area contributed by atoms with Gasteiger partial charge in [-0.25, -0.2) is 0 Å². The Bertz CT molecular complexity index is 230. The molecule has 0 aromatic rings. The van der Waals surface area contributed by atoms with Crippen LogP contribution in [0.4, 0.5) is 0 Å². The first kappa shape index (κ1) is 13.3. The highest BCUT2D eigenvalue weighted by atomic mass is 16.3.